The summed E-state index contributed by atoms with van der Waals surface area (Å²) in [5.74, 6) is -2.27. The second-order valence-electron chi connectivity index (χ2n) is 8.20. The first-order valence-corrected chi connectivity index (χ1v) is 10.3. The quantitative estimate of drug-likeness (QED) is 0.198. The highest BCUT2D eigenvalue weighted by Gasteiger charge is 2.18. The first kappa shape index (κ1) is 26.9. The Balaban J connectivity index is 2.32. The number of amides is 1. The van der Waals surface area contributed by atoms with Crippen molar-refractivity contribution in [3.8, 4) is 5.75 Å². The van der Waals surface area contributed by atoms with Crippen LogP contribution in [0.15, 0.2) is 18.2 Å². The van der Waals surface area contributed by atoms with Gasteiger partial charge in [-0.05, 0) is 51.8 Å². The van der Waals surface area contributed by atoms with Gasteiger partial charge in [-0.2, -0.15) is 0 Å². The van der Waals surface area contributed by atoms with Gasteiger partial charge in [0.1, 0.15) is 16.9 Å². The highest BCUT2D eigenvalue weighted by molar-refractivity contribution is 6.01. The summed E-state index contributed by atoms with van der Waals surface area (Å²) >= 11 is 0. The number of unbranched alkanes of at least 4 members (excludes halogenated alkanes) is 1. The predicted octanol–water partition coefficient (Wildman–Crippen LogP) is 2.32. The minimum atomic E-state index is -0.790. The van der Waals surface area contributed by atoms with Gasteiger partial charge in [0.15, 0.2) is 12.4 Å². The standard InChI is InChI=1S/C22H32N2O8/c1-22(2,3)32-21(29)24-10-6-5-7-15(23)12-19(27)31-13-18(26)14-8-9-17(25)16(11-14)20(28)30-4/h8-9,11,15,25H,5-7,10,12-13,23H2,1-4H3,(H,24,29). The van der Waals surface area contributed by atoms with E-state index >= 15 is 0 Å². The molecule has 1 rings (SSSR count). The lowest BCUT2D eigenvalue weighted by Crippen LogP contribution is -2.33. The zero-order valence-corrected chi connectivity index (χ0v) is 18.9. The van der Waals surface area contributed by atoms with Gasteiger partial charge in [0.25, 0.3) is 0 Å². The van der Waals surface area contributed by atoms with E-state index in [2.05, 4.69) is 10.1 Å². The third-order valence-corrected chi connectivity index (χ3v) is 4.19. The molecule has 10 heteroatoms. The van der Waals surface area contributed by atoms with Crippen molar-refractivity contribution in [3.05, 3.63) is 29.3 Å². The normalized spacial score (nSPS) is 11.9. The number of methoxy groups -OCH3 is 1. The second kappa shape index (κ2) is 12.7. The number of nitrogens with two attached hydrogens (primary N) is 1. The van der Waals surface area contributed by atoms with E-state index in [4.69, 9.17) is 15.2 Å². The Hall–Kier alpha value is -3.14. The summed E-state index contributed by atoms with van der Waals surface area (Å²) in [5.41, 5.74) is 5.31. The Morgan fingerprint density at radius 2 is 1.84 bits per heavy atom. The molecular formula is C22H32N2O8. The number of benzene rings is 1. The molecule has 1 aromatic rings. The molecule has 0 radical (unpaired) electrons. The van der Waals surface area contributed by atoms with Crippen LogP contribution in [0.3, 0.4) is 0 Å². The fourth-order valence-electron chi connectivity index (χ4n) is 2.62. The molecule has 0 aromatic heterocycles. The Kier molecular flexibility index (Phi) is 10.6. The van der Waals surface area contributed by atoms with E-state index < -0.39 is 42.1 Å². The van der Waals surface area contributed by atoms with Crippen molar-refractivity contribution < 1.29 is 38.5 Å². The number of phenolic OH excluding ortho intramolecular Hbond substituents is 1. The van der Waals surface area contributed by atoms with E-state index in [0.29, 0.717) is 25.8 Å². The van der Waals surface area contributed by atoms with Crippen molar-refractivity contribution in [2.75, 3.05) is 20.3 Å². The minimum Gasteiger partial charge on any atom is -0.507 e. The number of esters is 2. The molecular weight excluding hydrogens is 420 g/mol. The van der Waals surface area contributed by atoms with E-state index in [9.17, 15) is 24.3 Å². The third kappa shape index (κ3) is 10.3. The van der Waals surface area contributed by atoms with Crippen molar-refractivity contribution in [2.24, 2.45) is 5.73 Å². The number of hydrogen-bond donors (Lipinski definition) is 3. The van der Waals surface area contributed by atoms with E-state index in [1.54, 1.807) is 20.8 Å². The molecule has 1 amide bonds. The third-order valence-electron chi connectivity index (χ3n) is 4.19. The summed E-state index contributed by atoms with van der Waals surface area (Å²) < 4.78 is 14.6. The van der Waals surface area contributed by atoms with Crippen molar-refractivity contribution in [1.29, 1.82) is 0 Å². The first-order chi connectivity index (χ1) is 14.9. The van der Waals surface area contributed by atoms with Gasteiger partial charge in [-0.3, -0.25) is 9.59 Å². The zero-order chi connectivity index (χ0) is 24.3. The average molecular weight is 453 g/mol. The van der Waals surface area contributed by atoms with Crippen LogP contribution in [-0.2, 0) is 19.0 Å². The molecule has 0 aliphatic rings. The van der Waals surface area contributed by atoms with Gasteiger partial charge in [0, 0.05) is 18.2 Å². The SMILES string of the molecule is COC(=O)c1cc(C(=O)COC(=O)CC(N)CCCCNC(=O)OC(C)(C)C)ccc1O. The summed E-state index contributed by atoms with van der Waals surface area (Å²) in [5, 5.41) is 12.3. The predicted molar refractivity (Wildman–Crippen MR) is 115 cm³/mol. The summed E-state index contributed by atoms with van der Waals surface area (Å²) in [6.45, 7) is 5.26. The van der Waals surface area contributed by atoms with Crippen LogP contribution < -0.4 is 11.1 Å². The lowest BCUT2D eigenvalue weighted by Gasteiger charge is -2.19. The monoisotopic (exact) mass is 452 g/mol. The summed E-state index contributed by atoms with van der Waals surface area (Å²) in [6, 6.07) is 3.23. The van der Waals surface area contributed by atoms with Crippen molar-refractivity contribution >= 4 is 23.8 Å². The molecule has 0 saturated heterocycles. The zero-order valence-electron chi connectivity index (χ0n) is 18.9. The number of rotatable bonds is 11. The molecule has 4 N–H and O–H groups in total. The van der Waals surface area contributed by atoms with Crippen LogP contribution in [0.1, 0.15) is 67.2 Å². The van der Waals surface area contributed by atoms with Crippen molar-refractivity contribution in [3.63, 3.8) is 0 Å². The van der Waals surface area contributed by atoms with Gasteiger partial charge in [0.2, 0.25) is 0 Å². The maximum absolute atomic E-state index is 12.2. The van der Waals surface area contributed by atoms with Crippen LogP contribution in [0.5, 0.6) is 5.75 Å². The van der Waals surface area contributed by atoms with E-state index in [-0.39, 0.29) is 23.3 Å². The van der Waals surface area contributed by atoms with Crippen molar-refractivity contribution in [2.45, 2.75) is 58.1 Å². The lowest BCUT2D eigenvalue weighted by atomic mass is 10.1. The highest BCUT2D eigenvalue weighted by Crippen LogP contribution is 2.20. The van der Waals surface area contributed by atoms with Gasteiger partial charge >= 0.3 is 18.0 Å². The van der Waals surface area contributed by atoms with Crippen molar-refractivity contribution in [1.82, 2.24) is 5.32 Å². The first-order valence-electron chi connectivity index (χ1n) is 10.3. The Bertz CT molecular complexity index is 817. The highest BCUT2D eigenvalue weighted by atomic mass is 16.6. The summed E-state index contributed by atoms with van der Waals surface area (Å²) in [4.78, 5) is 47.3. The lowest BCUT2D eigenvalue weighted by molar-refractivity contribution is -0.142. The number of hydrogen-bond acceptors (Lipinski definition) is 9. The molecule has 0 heterocycles. The average Bonchev–Trinajstić information content (AvgIpc) is 2.70. The number of phenols is 1. The smallest absolute Gasteiger partial charge is 0.407 e. The molecule has 10 nitrogen and oxygen atoms in total. The number of alkyl carbamates (subject to hydrolysis) is 1. The summed E-state index contributed by atoms with van der Waals surface area (Å²) in [7, 11) is 1.15. The van der Waals surface area contributed by atoms with Crippen LogP contribution >= 0.6 is 0 Å². The molecule has 0 fully saturated rings. The van der Waals surface area contributed by atoms with E-state index in [1.165, 1.54) is 18.2 Å². The Morgan fingerprint density at radius 3 is 2.47 bits per heavy atom. The fraction of sp³-hybridized carbons (Fsp3) is 0.545. The molecule has 178 valence electrons. The number of carbonyl (C=O) groups excluding carboxylic acids is 4. The van der Waals surface area contributed by atoms with E-state index in [1.807, 2.05) is 0 Å². The molecule has 32 heavy (non-hydrogen) atoms. The maximum atomic E-state index is 12.2. The number of carbonyl (C=O) groups is 4. The van der Waals surface area contributed by atoms with E-state index in [0.717, 1.165) is 7.11 Å². The van der Waals surface area contributed by atoms with Crippen LogP contribution in [0, 0.1) is 0 Å². The van der Waals surface area contributed by atoms with Crippen LogP contribution in [0.4, 0.5) is 4.79 Å². The Morgan fingerprint density at radius 1 is 1.16 bits per heavy atom. The molecule has 1 aromatic carbocycles. The molecule has 1 atom stereocenters. The second-order valence-corrected chi connectivity index (χ2v) is 8.20. The number of Topliss-reactive ketones (excluding diaryl/α,β-unsaturated/α-hetero) is 1. The number of nitrogens with one attached hydrogen (secondary N) is 1. The molecule has 0 bridgehead atoms. The van der Waals surface area contributed by atoms with Gasteiger partial charge < -0.3 is 30.4 Å². The van der Waals surface area contributed by atoms with Crippen LogP contribution in [0.2, 0.25) is 0 Å². The molecule has 1 unspecified atom stereocenters. The number of ketones is 1. The molecule has 0 saturated carbocycles. The van der Waals surface area contributed by atoms with Crippen LogP contribution in [0.25, 0.3) is 0 Å². The Labute approximate surface area is 187 Å². The number of aromatic hydroxyl groups is 1. The summed E-state index contributed by atoms with van der Waals surface area (Å²) in [6.07, 6.45) is 1.36. The maximum Gasteiger partial charge on any atom is 0.407 e. The fourth-order valence-corrected chi connectivity index (χ4v) is 2.62. The molecule has 0 aliphatic heterocycles. The number of ether oxygens (including phenoxy) is 3. The largest absolute Gasteiger partial charge is 0.507 e. The molecule has 0 aliphatic carbocycles. The van der Waals surface area contributed by atoms with Gasteiger partial charge in [-0.25, -0.2) is 9.59 Å². The van der Waals surface area contributed by atoms with Gasteiger partial charge in [-0.1, -0.05) is 6.42 Å². The topological polar surface area (TPSA) is 154 Å². The van der Waals surface area contributed by atoms with Crippen LogP contribution in [-0.4, -0.2) is 60.8 Å². The minimum absolute atomic E-state index is 0.0598. The van der Waals surface area contributed by atoms with Gasteiger partial charge in [0.05, 0.1) is 13.5 Å². The van der Waals surface area contributed by atoms with Gasteiger partial charge in [-0.15, -0.1) is 0 Å². The molecule has 0 spiro atoms.